The first kappa shape index (κ1) is 21.8. The summed E-state index contributed by atoms with van der Waals surface area (Å²) >= 11 is 0. The number of hydrogen-bond donors (Lipinski definition) is 2. The molecule has 2 saturated heterocycles. The second-order valence-electron chi connectivity index (χ2n) is 7.98. The summed E-state index contributed by atoms with van der Waals surface area (Å²) in [4.78, 5) is 38.2. The van der Waals surface area contributed by atoms with Crippen molar-refractivity contribution in [1.82, 2.24) is 15.5 Å². The smallest absolute Gasteiger partial charge is 0.414 e. The lowest BCUT2D eigenvalue weighted by Crippen LogP contribution is -2.47. The van der Waals surface area contributed by atoms with Gasteiger partial charge in [0.15, 0.2) is 0 Å². The van der Waals surface area contributed by atoms with E-state index in [4.69, 9.17) is 4.74 Å². The van der Waals surface area contributed by atoms with Crippen LogP contribution in [0.5, 0.6) is 0 Å². The molecule has 32 heavy (non-hydrogen) atoms. The van der Waals surface area contributed by atoms with E-state index in [2.05, 4.69) is 15.5 Å². The van der Waals surface area contributed by atoms with E-state index in [1.165, 1.54) is 17.9 Å². The van der Waals surface area contributed by atoms with Gasteiger partial charge in [0.1, 0.15) is 11.9 Å². The number of halogens is 1. The molecule has 2 aromatic carbocycles. The molecule has 2 aliphatic rings. The predicted octanol–water partition coefficient (Wildman–Crippen LogP) is 1.89. The maximum atomic E-state index is 14.9. The van der Waals surface area contributed by atoms with Crippen molar-refractivity contribution in [3.8, 4) is 11.1 Å². The number of ether oxygens (including phenoxy) is 1. The van der Waals surface area contributed by atoms with Crippen LogP contribution in [0.4, 0.5) is 14.9 Å². The molecule has 2 aromatic rings. The standard InChI is InChI=1S/C23H25FN4O4/c1-15(29)26-11-19-13-28(23(31)32-19)18-6-7-20(21(24)10-18)17-4-2-16(3-5-17)12-27-9-8-25-22(30)14-27/h2-7,10,19H,8-9,11-14H2,1H3,(H,25,30)(H,26,29). The molecule has 4 rings (SSSR count). The lowest BCUT2D eigenvalue weighted by molar-refractivity contribution is -0.124. The first-order valence-corrected chi connectivity index (χ1v) is 10.5. The molecule has 0 bridgehead atoms. The van der Waals surface area contributed by atoms with Crippen LogP contribution in [0.3, 0.4) is 0 Å². The number of nitrogens with zero attached hydrogens (tertiary/aromatic N) is 2. The number of carbonyl (C=O) groups is 3. The molecule has 1 atom stereocenters. The largest absolute Gasteiger partial charge is 0.442 e. The van der Waals surface area contributed by atoms with Crippen LogP contribution in [-0.4, -0.2) is 61.6 Å². The highest BCUT2D eigenvalue weighted by Crippen LogP contribution is 2.29. The van der Waals surface area contributed by atoms with Crippen LogP contribution in [0, 0.1) is 5.82 Å². The monoisotopic (exact) mass is 440 g/mol. The fourth-order valence-electron chi connectivity index (χ4n) is 3.88. The van der Waals surface area contributed by atoms with E-state index in [9.17, 15) is 18.8 Å². The highest BCUT2D eigenvalue weighted by atomic mass is 19.1. The van der Waals surface area contributed by atoms with Gasteiger partial charge in [0, 0.05) is 32.1 Å². The van der Waals surface area contributed by atoms with Gasteiger partial charge in [0.2, 0.25) is 11.8 Å². The minimum absolute atomic E-state index is 0.0263. The van der Waals surface area contributed by atoms with Gasteiger partial charge >= 0.3 is 6.09 Å². The van der Waals surface area contributed by atoms with Crippen LogP contribution in [0.1, 0.15) is 12.5 Å². The number of hydrogen-bond acceptors (Lipinski definition) is 5. The van der Waals surface area contributed by atoms with Gasteiger partial charge in [0.25, 0.3) is 0 Å². The van der Waals surface area contributed by atoms with Crippen LogP contribution in [0.25, 0.3) is 11.1 Å². The summed E-state index contributed by atoms with van der Waals surface area (Å²) in [6.45, 7) is 4.32. The highest BCUT2D eigenvalue weighted by molar-refractivity contribution is 5.90. The van der Waals surface area contributed by atoms with Crippen molar-refractivity contribution in [3.63, 3.8) is 0 Å². The number of piperazine rings is 1. The van der Waals surface area contributed by atoms with Gasteiger partial charge < -0.3 is 15.4 Å². The zero-order chi connectivity index (χ0) is 22.7. The second-order valence-corrected chi connectivity index (χ2v) is 7.98. The van der Waals surface area contributed by atoms with Crippen molar-refractivity contribution in [2.24, 2.45) is 0 Å². The van der Waals surface area contributed by atoms with Crippen LogP contribution in [0.15, 0.2) is 42.5 Å². The van der Waals surface area contributed by atoms with Gasteiger partial charge in [-0.1, -0.05) is 24.3 Å². The number of cyclic esters (lactones) is 1. The lowest BCUT2D eigenvalue weighted by atomic mass is 10.0. The molecule has 9 heteroatoms. The van der Waals surface area contributed by atoms with E-state index < -0.39 is 18.0 Å². The normalized spacial score (nSPS) is 18.9. The van der Waals surface area contributed by atoms with Gasteiger partial charge in [-0.05, 0) is 29.3 Å². The van der Waals surface area contributed by atoms with Crippen LogP contribution < -0.4 is 15.5 Å². The molecule has 1 unspecified atom stereocenters. The fraction of sp³-hybridized carbons (Fsp3) is 0.348. The Morgan fingerprint density at radius 3 is 2.69 bits per heavy atom. The molecule has 0 spiro atoms. The molecular weight excluding hydrogens is 415 g/mol. The van der Waals surface area contributed by atoms with Crippen molar-refractivity contribution in [2.45, 2.75) is 19.6 Å². The number of anilines is 1. The number of nitrogens with one attached hydrogen (secondary N) is 2. The first-order valence-electron chi connectivity index (χ1n) is 10.5. The highest BCUT2D eigenvalue weighted by Gasteiger charge is 2.32. The molecule has 3 amide bonds. The van der Waals surface area contributed by atoms with Crippen LogP contribution >= 0.6 is 0 Å². The number of rotatable bonds is 6. The van der Waals surface area contributed by atoms with Crippen molar-refractivity contribution >= 4 is 23.6 Å². The third kappa shape index (κ3) is 5.05. The Labute approximate surface area is 185 Å². The summed E-state index contributed by atoms with van der Waals surface area (Å²) in [7, 11) is 0. The van der Waals surface area contributed by atoms with E-state index in [1.807, 2.05) is 24.3 Å². The molecule has 0 aliphatic carbocycles. The Morgan fingerprint density at radius 2 is 2.00 bits per heavy atom. The second kappa shape index (κ2) is 9.35. The molecule has 0 aromatic heterocycles. The summed E-state index contributed by atoms with van der Waals surface area (Å²) in [5, 5.41) is 5.42. The maximum Gasteiger partial charge on any atom is 0.414 e. The molecule has 0 saturated carbocycles. The molecule has 8 nitrogen and oxygen atoms in total. The van der Waals surface area contributed by atoms with E-state index in [-0.39, 0.29) is 24.9 Å². The molecule has 2 fully saturated rings. The van der Waals surface area contributed by atoms with E-state index in [1.54, 1.807) is 12.1 Å². The first-order chi connectivity index (χ1) is 15.4. The van der Waals surface area contributed by atoms with Crippen molar-refractivity contribution < 1.29 is 23.5 Å². The van der Waals surface area contributed by atoms with Gasteiger partial charge in [-0.3, -0.25) is 19.4 Å². The van der Waals surface area contributed by atoms with Gasteiger partial charge in [-0.2, -0.15) is 0 Å². The number of benzene rings is 2. The average molecular weight is 440 g/mol. The maximum absolute atomic E-state index is 14.9. The third-order valence-corrected chi connectivity index (χ3v) is 5.51. The quantitative estimate of drug-likeness (QED) is 0.716. The zero-order valence-corrected chi connectivity index (χ0v) is 17.8. The van der Waals surface area contributed by atoms with Gasteiger partial charge in [0.05, 0.1) is 25.3 Å². The molecule has 2 N–H and O–H groups in total. The predicted molar refractivity (Wildman–Crippen MR) is 116 cm³/mol. The number of amides is 3. The minimum atomic E-state index is -0.566. The number of carbonyl (C=O) groups excluding carboxylic acids is 3. The average Bonchev–Trinajstić information content (AvgIpc) is 3.13. The summed E-state index contributed by atoms with van der Waals surface area (Å²) in [5.41, 5.74) is 2.61. The van der Waals surface area contributed by atoms with Crippen molar-refractivity contribution in [2.75, 3.05) is 37.6 Å². The molecule has 168 valence electrons. The Kier molecular flexibility index (Phi) is 6.36. The van der Waals surface area contributed by atoms with E-state index in [0.29, 0.717) is 30.9 Å². The Morgan fingerprint density at radius 1 is 1.22 bits per heavy atom. The van der Waals surface area contributed by atoms with Crippen LogP contribution in [0.2, 0.25) is 0 Å². The van der Waals surface area contributed by atoms with Crippen molar-refractivity contribution in [1.29, 1.82) is 0 Å². The van der Waals surface area contributed by atoms with Crippen molar-refractivity contribution in [3.05, 3.63) is 53.8 Å². The third-order valence-electron chi connectivity index (χ3n) is 5.51. The zero-order valence-electron chi connectivity index (χ0n) is 17.8. The van der Waals surface area contributed by atoms with Crippen LogP contribution in [-0.2, 0) is 20.9 Å². The Balaban J connectivity index is 1.42. The SMILES string of the molecule is CC(=O)NCC1CN(c2ccc(-c3ccc(CN4CCNC(=O)C4)cc3)c(F)c2)C(=O)O1. The summed E-state index contributed by atoms with van der Waals surface area (Å²) in [6.07, 6.45) is -1.05. The summed E-state index contributed by atoms with van der Waals surface area (Å²) < 4.78 is 20.1. The summed E-state index contributed by atoms with van der Waals surface area (Å²) in [5.74, 6) is -0.623. The molecule has 0 radical (unpaired) electrons. The summed E-state index contributed by atoms with van der Waals surface area (Å²) in [6, 6.07) is 12.2. The van der Waals surface area contributed by atoms with E-state index in [0.717, 1.165) is 17.7 Å². The minimum Gasteiger partial charge on any atom is -0.442 e. The molecule has 2 heterocycles. The molecule has 2 aliphatic heterocycles. The molecular formula is C23H25FN4O4. The fourth-order valence-corrected chi connectivity index (χ4v) is 3.88. The topological polar surface area (TPSA) is 91.0 Å². The van der Waals surface area contributed by atoms with Gasteiger partial charge in [-0.15, -0.1) is 0 Å². The van der Waals surface area contributed by atoms with Gasteiger partial charge in [-0.25, -0.2) is 9.18 Å². The lowest BCUT2D eigenvalue weighted by Gasteiger charge is -2.26. The Bertz CT molecular complexity index is 1030. The van der Waals surface area contributed by atoms with E-state index >= 15 is 0 Å². The Hall–Kier alpha value is -3.46.